The van der Waals surface area contributed by atoms with Crippen LogP contribution in [-0.4, -0.2) is 26.4 Å². The molecule has 6 nitrogen and oxygen atoms in total. The number of nitrogens with one attached hydrogen (secondary N) is 1. The van der Waals surface area contributed by atoms with E-state index in [2.05, 4.69) is 27.3 Å². The van der Waals surface area contributed by atoms with Crippen LogP contribution in [0.4, 0.5) is 11.5 Å². The number of ether oxygens (including phenoxy) is 1. The fraction of sp³-hybridized carbons (Fsp3) is 0.353. The van der Waals surface area contributed by atoms with E-state index < -0.39 is 0 Å². The third-order valence-corrected chi connectivity index (χ3v) is 3.69. The summed E-state index contributed by atoms with van der Waals surface area (Å²) in [7, 11) is 1.88. The first kappa shape index (κ1) is 15.3. The Labute approximate surface area is 135 Å². The van der Waals surface area contributed by atoms with Crippen LogP contribution in [0.5, 0.6) is 5.75 Å². The molecule has 2 heterocycles. The zero-order valence-electron chi connectivity index (χ0n) is 13.7. The Bertz CT molecular complexity index is 812. The van der Waals surface area contributed by atoms with Crippen molar-refractivity contribution in [1.82, 2.24) is 19.7 Å². The Morgan fingerprint density at radius 1 is 1.22 bits per heavy atom. The maximum absolute atomic E-state index is 5.87. The number of hydrogen-bond donors (Lipinski definition) is 1. The maximum Gasteiger partial charge on any atom is 0.163 e. The van der Waals surface area contributed by atoms with Crippen LogP contribution >= 0.6 is 0 Å². The van der Waals surface area contributed by atoms with E-state index >= 15 is 0 Å². The lowest BCUT2D eigenvalue weighted by Gasteiger charge is -2.13. The van der Waals surface area contributed by atoms with Gasteiger partial charge in [0.05, 0.1) is 23.4 Å². The second-order valence-electron chi connectivity index (χ2n) is 5.45. The van der Waals surface area contributed by atoms with E-state index in [1.165, 1.54) is 0 Å². The zero-order valence-corrected chi connectivity index (χ0v) is 13.7. The minimum absolute atomic E-state index is 0.709. The van der Waals surface area contributed by atoms with Gasteiger partial charge in [-0.2, -0.15) is 5.10 Å². The van der Waals surface area contributed by atoms with Crippen LogP contribution in [0, 0.1) is 6.92 Å². The molecule has 1 aromatic carbocycles. The molecule has 0 saturated carbocycles. The summed E-state index contributed by atoms with van der Waals surface area (Å²) in [6.07, 6.45) is 3.69. The highest BCUT2D eigenvalue weighted by molar-refractivity contribution is 5.91. The summed E-state index contributed by atoms with van der Waals surface area (Å²) in [5.74, 6) is 1.57. The highest BCUT2D eigenvalue weighted by atomic mass is 16.5. The van der Waals surface area contributed by atoms with Gasteiger partial charge in [0.15, 0.2) is 5.65 Å². The highest BCUT2D eigenvalue weighted by Gasteiger charge is 2.13. The van der Waals surface area contributed by atoms with Crippen molar-refractivity contribution in [1.29, 1.82) is 0 Å². The molecular weight excluding hydrogens is 290 g/mol. The average Bonchev–Trinajstić information content (AvgIpc) is 2.85. The van der Waals surface area contributed by atoms with Gasteiger partial charge in [-0.25, -0.2) is 9.97 Å². The van der Waals surface area contributed by atoms with Crippen molar-refractivity contribution in [2.75, 3.05) is 11.9 Å². The first-order chi connectivity index (χ1) is 11.2. The zero-order chi connectivity index (χ0) is 16.2. The molecule has 2 aromatic heterocycles. The molecule has 0 bridgehead atoms. The molecule has 0 unspecified atom stereocenters. The van der Waals surface area contributed by atoms with Crippen LogP contribution in [0.15, 0.2) is 30.6 Å². The Balaban J connectivity index is 1.94. The molecule has 0 amide bonds. The molecule has 6 heteroatoms. The van der Waals surface area contributed by atoms with E-state index in [4.69, 9.17) is 4.74 Å². The van der Waals surface area contributed by atoms with Crippen molar-refractivity contribution in [2.24, 2.45) is 7.05 Å². The van der Waals surface area contributed by atoms with Gasteiger partial charge in [-0.05, 0) is 25.5 Å². The molecular formula is C17H21N5O. The molecule has 0 atom stereocenters. The fourth-order valence-corrected chi connectivity index (χ4v) is 2.52. The Hall–Kier alpha value is -2.63. The molecule has 0 aliphatic rings. The lowest BCUT2D eigenvalue weighted by Crippen LogP contribution is -2.02. The van der Waals surface area contributed by atoms with Gasteiger partial charge in [-0.1, -0.05) is 25.5 Å². The predicted octanol–water partition coefficient (Wildman–Crippen LogP) is 3.59. The molecule has 0 spiro atoms. The molecule has 1 N–H and O–H groups in total. The first-order valence-electron chi connectivity index (χ1n) is 7.84. The van der Waals surface area contributed by atoms with Crippen LogP contribution in [0.3, 0.4) is 0 Å². The standard InChI is InChI=1S/C17H21N5O/c1-4-5-10-23-14-9-7-6-8-13(14)20-16-15-12(2)21-22(3)17(15)19-11-18-16/h6-9,11H,4-5,10H2,1-3H3,(H,18,19,20). The SMILES string of the molecule is CCCCOc1ccccc1Nc1ncnc2c1c(C)nn2C. The minimum Gasteiger partial charge on any atom is -0.491 e. The van der Waals surface area contributed by atoms with E-state index in [-0.39, 0.29) is 0 Å². The number of aryl methyl sites for hydroxylation is 2. The van der Waals surface area contributed by atoms with Crippen LogP contribution in [0.1, 0.15) is 25.5 Å². The fourth-order valence-electron chi connectivity index (χ4n) is 2.52. The smallest absolute Gasteiger partial charge is 0.163 e. The molecule has 3 rings (SSSR count). The van der Waals surface area contributed by atoms with E-state index in [1.807, 2.05) is 38.2 Å². The number of unbranched alkanes of at least 4 members (excludes halogenated alkanes) is 1. The summed E-state index contributed by atoms with van der Waals surface area (Å²) < 4.78 is 7.64. The van der Waals surface area contributed by atoms with Gasteiger partial charge in [0.25, 0.3) is 0 Å². The normalized spacial score (nSPS) is 10.9. The summed E-state index contributed by atoms with van der Waals surface area (Å²) in [6.45, 7) is 4.82. The summed E-state index contributed by atoms with van der Waals surface area (Å²) in [4.78, 5) is 8.69. The van der Waals surface area contributed by atoms with Gasteiger partial charge in [-0.3, -0.25) is 4.68 Å². The van der Waals surface area contributed by atoms with Crippen molar-refractivity contribution in [2.45, 2.75) is 26.7 Å². The van der Waals surface area contributed by atoms with Crippen LogP contribution in [-0.2, 0) is 7.05 Å². The third-order valence-electron chi connectivity index (χ3n) is 3.69. The van der Waals surface area contributed by atoms with E-state index in [0.29, 0.717) is 6.61 Å². The molecule has 0 radical (unpaired) electrons. The average molecular weight is 311 g/mol. The van der Waals surface area contributed by atoms with E-state index in [1.54, 1.807) is 11.0 Å². The van der Waals surface area contributed by atoms with Crippen LogP contribution in [0.25, 0.3) is 11.0 Å². The Kier molecular flexibility index (Phi) is 4.41. The van der Waals surface area contributed by atoms with Crippen molar-refractivity contribution in [3.05, 3.63) is 36.3 Å². The minimum atomic E-state index is 0.709. The summed E-state index contributed by atoms with van der Waals surface area (Å²) in [5, 5.41) is 8.71. The van der Waals surface area contributed by atoms with Crippen LogP contribution in [0.2, 0.25) is 0 Å². The van der Waals surface area contributed by atoms with Crippen LogP contribution < -0.4 is 10.1 Å². The van der Waals surface area contributed by atoms with Crippen molar-refractivity contribution >= 4 is 22.5 Å². The van der Waals surface area contributed by atoms with Gasteiger partial charge in [-0.15, -0.1) is 0 Å². The number of rotatable bonds is 6. The van der Waals surface area contributed by atoms with Crippen molar-refractivity contribution < 1.29 is 4.74 Å². The Morgan fingerprint density at radius 2 is 2.04 bits per heavy atom. The number of aromatic nitrogens is 4. The molecule has 23 heavy (non-hydrogen) atoms. The van der Waals surface area contributed by atoms with Gasteiger partial charge < -0.3 is 10.1 Å². The topological polar surface area (TPSA) is 64.9 Å². The predicted molar refractivity (Wildman–Crippen MR) is 91.2 cm³/mol. The number of anilines is 2. The quantitative estimate of drug-likeness (QED) is 0.705. The second kappa shape index (κ2) is 6.64. The lowest BCUT2D eigenvalue weighted by atomic mass is 10.2. The third kappa shape index (κ3) is 3.11. The second-order valence-corrected chi connectivity index (χ2v) is 5.45. The monoisotopic (exact) mass is 311 g/mol. The van der Waals surface area contributed by atoms with Crippen molar-refractivity contribution in [3.8, 4) is 5.75 Å². The molecule has 0 saturated heterocycles. The number of nitrogens with zero attached hydrogens (tertiary/aromatic N) is 4. The molecule has 0 fully saturated rings. The number of para-hydroxylation sites is 2. The van der Waals surface area contributed by atoms with E-state index in [9.17, 15) is 0 Å². The first-order valence-corrected chi connectivity index (χ1v) is 7.84. The lowest BCUT2D eigenvalue weighted by molar-refractivity contribution is 0.311. The molecule has 120 valence electrons. The van der Waals surface area contributed by atoms with Gasteiger partial charge in [0.1, 0.15) is 17.9 Å². The summed E-state index contributed by atoms with van der Waals surface area (Å²) >= 11 is 0. The molecule has 0 aliphatic heterocycles. The van der Waals surface area contributed by atoms with Gasteiger partial charge >= 0.3 is 0 Å². The van der Waals surface area contributed by atoms with E-state index in [0.717, 1.165) is 46.8 Å². The number of benzene rings is 1. The largest absolute Gasteiger partial charge is 0.491 e. The summed E-state index contributed by atoms with van der Waals surface area (Å²) in [5.41, 5.74) is 2.60. The Morgan fingerprint density at radius 3 is 2.87 bits per heavy atom. The van der Waals surface area contributed by atoms with Gasteiger partial charge in [0, 0.05) is 7.05 Å². The number of fused-ring (bicyclic) bond motifs is 1. The highest BCUT2D eigenvalue weighted by Crippen LogP contribution is 2.30. The maximum atomic E-state index is 5.87. The molecule has 0 aliphatic carbocycles. The number of hydrogen-bond acceptors (Lipinski definition) is 5. The summed E-state index contributed by atoms with van der Waals surface area (Å²) in [6, 6.07) is 7.90. The van der Waals surface area contributed by atoms with Gasteiger partial charge in [0.2, 0.25) is 0 Å². The van der Waals surface area contributed by atoms with Crippen molar-refractivity contribution in [3.63, 3.8) is 0 Å². The molecule has 3 aromatic rings.